The predicted octanol–water partition coefficient (Wildman–Crippen LogP) is 4.61. The Kier molecular flexibility index (Phi) is 3.09. The number of halogens is 2. The van der Waals surface area contributed by atoms with E-state index in [9.17, 15) is 0 Å². The van der Waals surface area contributed by atoms with Gasteiger partial charge in [0.1, 0.15) is 0 Å². The Morgan fingerprint density at radius 2 is 1.86 bits per heavy atom. The molecule has 0 saturated heterocycles. The average molecular weight is 269 g/mol. The first-order valence-electron chi connectivity index (χ1n) is 4.42. The monoisotopic (exact) mass is 267 g/mol. The average Bonchev–Trinajstić information content (AvgIpc) is 2.19. The Labute approximate surface area is 97.4 Å². The second-order valence-electron chi connectivity index (χ2n) is 3.14. The van der Waals surface area contributed by atoms with Crippen LogP contribution in [0.1, 0.15) is 12.0 Å². The summed E-state index contributed by atoms with van der Waals surface area (Å²) in [5.74, 6) is 0. The minimum Gasteiger partial charge on any atom is -0.0843 e. The van der Waals surface area contributed by atoms with Gasteiger partial charge in [0.05, 0.1) is 0 Å². The summed E-state index contributed by atoms with van der Waals surface area (Å²) in [6, 6.07) is 7.90. The molecule has 0 amide bonds. The number of hydrogen-bond donors (Lipinski definition) is 0. The van der Waals surface area contributed by atoms with Crippen LogP contribution >= 0.6 is 27.5 Å². The Balaban J connectivity index is 2.31. The van der Waals surface area contributed by atoms with Gasteiger partial charge in [-0.15, -0.1) is 0 Å². The van der Waals surface area contributed by atoms with E-state index in [0.717, 1.165) is 15.9 Å². The van der Waals surface area contributed by atoms with Gasteiger partial charge in [-0.25, -0.2) is 0 Å². The lowest BCUT2D eigenvalue weighted by atomic mass is 9.98. The van der Waals surface area contributed by atoms with Gasteiger partial charge in [0, 0.05) is 9.51 Å². The second-order valence-corrected chi connectivity index (χ2v) is 4.49. The quantitative estimate of drug-likeness (QED) is 0.698. The highest BCUT2D eigenvalue weighted by atomic mass is 79.9. The van der Waals surface area contributed by atoms with Crippen molar-refractivity contribution in [3.63, 3.8) is 0 Å². The van der Waals surface area contributed by atoms with Gasteiger partial charge >= 0.3 is 0 Å². The van der Waals surface area contributed by atoms with Crippen molar-refractivity contribution in [3.8, 4) is 0 Å². The summed E-state index contributed by atoms with van der Waals surface area (Å²) in [6.07, 6.45) is 7.44. The molecule has 14 heavy (non-hydrogen) atoms. The van der Waals surface area contributed by atoms with E-state index in [1.54, 1.807) is 0 Å². The number of allylic oxidation sites excluding steroid dienone is 4. The molecule has 0 saturated carbocycles. The maximum atomic E-state index is 5.83. The largest absolute Gasteiger partial charge is 0.0843 e. The lowest BCUT2D eigenvalue weighted by molar-refractivity contribution is 1.27. The van der Waals surface area contributed by atoms with E-state index in [1.807, 2.05) is 24.3 Å². The minimum absolute atomic E-state index is 0.778. The number of rotatable bonds is 1. The van der Waals surface area contributed by atoms with Gasteiger partial charge in [-0.3, -0.25) is 0 Å². The smallest absolute Gasteiger partial charge is 0.0406 e. The highest BCUT2D eigenvalue weighted by Crippen LogP contribution is 2.28. The summed E-state index contributed by atoms with van der Waals surface area (Å²) < 4.78 is 1.14. The van der Waals surface area contributed by atoms with Gasteiger partial charge in [0.2, 0.25) is 0 Å². The highest BCUT2D eigenvalue weighted by Gasteiger charge is 2.06. The van der Waals surface area contributed by atoms with Crippen molar-refractivity contribution in [1.82, 2.24) is 0 Å². The number of hydrogen-bond acceptors (Lipinski definition) is 0. The molecule has 1 aromatic rings. The topological polar surface area (TPSA) is 0 Å². The molecule has 1 aromatic carbocycles. The molecule has 0 bridgehead atoms. The molecule has 1 aliphatic carbocycles. The molecule has 0 nitrogen and oxygen atoms in total. The van der Waals surface area contributed by atoms with Gasteiger partial charge < -0.3 is 0 Å². The van der Waals surface area contributed by atoms with Crippen molar-refractivity contribution in [2.24, 2.45) is 0 Å². The van der Waals surface area contributed by atoms with Crippen LogP contribution in [-0.2, 0) is 0 Å². The summed E-state index contributed by atoms with van der Waals surface area (Å²) in [5, 5.41) is 0.778. The van der Waals surface area contributed by atoms with Crippen LogP contribution < -0.4 is 0 Å². The molecule has 0 atom stereocenters. The minimum atomic E-state index is 0.778. The Bertz CT molecular complexity index is 387. The van der Waals surface area contributed by atoms with Gasteiger partial charge in [0.15, 0.2) is 0 Å². The van der Waals surface area contributed by atoms with Crippen LogP contribution in [0, 0.1) is 6.42 Å². The van der Waals surface area contributed by atoms with E-state index in [2.05, 4.69) is 34.5 Å². The third-order valence-corrected chi connectivity index (χ3v) is 2.93. The maximum absolute atomic E-state index is 5.83. The van der Waals surface area contributed by atoms with Crippen LogP contribution in [0.4, 0.5) is 0 Å². The maximum Gasteiger partial charge on any atom is 0.0406 e. The van der Waals surface area contributed by atoms with E-state index in [-0.39, 0.29) is 0 Å². The summed E-state index contributed by atoms with van der Waals surface area (Å²) in [6.45, 7) is 0. The first-order chi connectivity index (χ1) is 6.75. The fourth-order valence-electron chi connectivity index (χ4n) is 1.41. The molecule has 0 fully saturated rings. The van der Waals surface area contributed by atoms with Crippen molar-refractivity contribution >= 4 is 33.1 Å². The van der Waals surface area contributed by atoms with Gasteiger partial charge in [-0.2, -0.15) is 0 Å². The Hall–Kier alpha value is -0.530. The van der Waals surface area contributed by atoms with Crippen LogP contribution in [0.5, 0.6) is 0 Å². The van der Waals surface area contributed by atoms with E-state index >= 15 is 0 Å². The molecule has 2 rings (SSSR count). The van der Waals surface area contributed by atoms with E-state index in [1.165, 1.54) is 11.1 Å². The zero-order valence-corrected chi connectivity index (χ0v) is 9.85. The van der Waals surface area contributed by atoms with Crippen LogP contribution in [-0.4, -0.2) is 0 Å². The first kappa shape index (κ1) is 10.0. The molecule has 0 aliphatic heterocycles. The van der Waals surface area contributed by atoms with Crippen LogP contribution in [0.2, 0.25) is 5.02 Å². The van der Waals surface area contributed by atoms with Crippen LogP contribution in [0.25, 0.3) is 5.57 Å². The zero-order chi connectivity index (χ0) is 9.97. The molecule has 0 aromatic heterocycles. The SMILES string of the molecule is Clc1ccc(C2=CC(Br)=CC[CH]2)cc1. The highest BCUT2D eigenvalue weighted by molar-refractivity contribution is 9.11. The molecule has 1 aliphatic rings. The molecule has 0 N–H and O–H groups in total. The van der Waals surface area contributed by atoms with Gasteiger partial charge in [-0.05, 0) is 42.2 Å². The third-order valence-electron chi connectivity index (χ3n) is 2.12. The lowest BCUT2D eigenvalue weighted by Gasteiger charge is -2.10. The molecule has 2 heteroatoms. The fourth-order valence-corrected chi connectivity index (χ4v) is 1.97. The van der Waals surface area contributed by atoms with Crippen molar-refractivity contribution in [2.75, 3.05) is 0 Å². The van der Waals surface area contributed by atoms with Gasteiger partial charge in [-0.1, -0.05) is 45.7 Å². The number of benzene rings is 1. The second kappa shape index (κ2) is 4.33. The first-order valence-corrected chi connectivity index (χ1v) is 5.59. The van der Waals surface area contributed by atoms with Crippen molar-refractivity contribution in [2.45, 2.75) is 6.42 Å². The molecule has 1 radical (unpaired) electrons. The van der Waals surface area contributed by atoms with Crippen molar-refractivity contribution in [1.29, 1.82) is 0 Å². The molecule has 71 valence electrons. The Morgan fingerprint density at radius 1 is 1.14 bits per heavy atom. The standard InChI is InChI=1S/C12H9BrCl/c13-11-3-1-2-10(8-11)9-4-6-12(14)7-5-9/h2-8H,1H2. The van der Waals surface area contributed by atoms with E-state index in [4.69, 9.17) is 11.6 Å². The summed E-state index contributed by atoms with van der Waals surface area (Å²) in [7, 11) is 0. The van der Waals surface area contributed by atoms with Crippen LogP contribution in [0.3, 0.4) is 0 Å². The van der Waals surface area contributed by atoms with Gasteiger partial charge in [0.25, 0.3) is 0 Å². The Morgan fingerprint density at radius 3 is 2.50 bits per heavy atom. The van der Waals surface area contributed by atoms with Crippen LogP contribution in [0.15, 0.2) is 40.9 Å². The van der Waals surface area contributed by atoms with Crippen molar-refractivity contribution < 1.29 is 0 Å². The summed E-state index contributed by atoms with van der Waals surface area (Å²) in [4.78, 5) is 0. The third kappa shape index (κ3) is 2.28. The lowest BCUT2D eigenvalue weighted by Crippen LogP contribution is -1.90. The summed E-state index contributed by atoms with van der Waals surface area (Å²) in [5.41, 5.74) is 2.45. The predicted molar refractivity (Wildman–Crippen MR) is 65.4 cm³/mol. The molecular formula is C12H9BrCl. The molecule has 0 unspecified atom stereocenters. The fraction of sp³-hybridized carbons (Fsp3) is 0.0833. The molecular weight excluding hydrogens is 259 g/mol. The zero-order valence-electron chi connectivity index (χ0n) is 7.50. The van der Waals surface area contributed by atoms with E-state index in [0.29, 0.717) is 0 Å². The molecule has 0 heterocycles. The normalized spacial score (nSPS) is 16.1. The van der Waals surface area contributed by atoms with E-state index < -0.39 is 0 Å². The van der Waals surface area contributed by atoms with Crippen molar-refractivity contribution in [3.05, 3.63) is 57.9 Å². The summed E-state index contributed by atoms with van der Waals surface area (Å²) >= 11 is 9.31. The molecule has 0 spiro atoms.